The molecule has 132 valence electrons. The Hall–Kier alpha value is -2.34. The SMILES string of the molecule is Cc1ccc(NC(=O)c2ccccc2)c([C@H]2CCNC2)c1C(F)(F)F. The van der Waals surface area contributed by atoms with Crippen molar-refractivity contribution in [2.45, 2.75) is 25.4 Å². The van der Waals surface area contributed by atoms with Gasteiger partial charge in [0.25, 0.3) is 5.91 Å². The van der Waals surface area contributed by atoms with Gasteiger partial charge in [-0.1, -0.05) is 24.3 Å². The summed E-state index contributed by atoms with van der Waals surface area (Å²) in [4.78, 5) is 12.4. The van der Waals surface area contributed by atoms with Crippen molar-refractivity contribution in [1.29, 1.82) is 0 Å². The van der Waals surface area contributed by atoms with Gasteiger partial charge < -0.3 is 10.6 Å². The number of benzene rings is 2. The second-order valence-electron chi connectivity index (χ2n) is 6.23. The van der Waals surface area contributed by atoms with Gasteiger partial charge in [0, 0.05) is 23.7 Å². The standard InChI is InChI=1S/C19H19F3N2O/c1-12-7-8-15(24-18(25)13-5-3-2-4-6-13)16(14-9-10-23-11-14)17(12)19(20,21)22/h2-8,14,23H,9-11H2,1H3,(H,24,25)/t14-/m0/s1. The van der Waals surface area contributed by atoms with Crippen LogP contribution in [0.5, 0.6) is 0 Å². The van der Waals surface area contributed by atoms with Crippen molar-refractivity contribution in [2.24, 2.45) is 0 Å². The van der Waals surface area contributed by atoms with Crippen LogP contribution in [0.1, 0.15) is 39.4 Å². The third-order valence-corrected chi connectivity index (χ3v) is 4.49. The van der Waals surface area contributed by atoms with Gasteiger partial charge in [0.1, 0.15) is 0 Å². The molecule has 0 radical (unpaired) electrons. The second kappa shape index (κ2) is 6.88. The molecule has 2 N–H and O–H groups in total. The molecule has 3 rings (SSSR count). The van der Waals surface area contributed by atoms with Crippen LogP contribution in [0.15, 0.2) is 42.5 Å². The van der Waals surface area contributed by atoms with Crippen LogP contribution in [0.4, 0.5) is 18.9 Å². The normalized spacial score (nSPS) is 17.5. The summed E-state index contributed by atoms with van der Waals surface area (Å²) in [6, 6.07) is 11.4. The van der Waals surface area contributed by atoms with Crippen LogP contribution < -0.4 is 10.6 Å². The number of amides is 1. The average Bonchev–Trinajstić information content (AvgIpc) is 3.10. The van der Waals surface area contributed by atoms with E-state index in [1.807, 2.05) is 0 Å². The predicted octanol–water partition coefficient (Wildman–Crippen LogP) is 4.34. The van der Waals surface area contributed by atoms with Crippen molar-refractivity contribution in [3.63, 3.8) is 0 Å². The molecule has 1 heterocycles. The molecule has 0 saturated carbocycles. The minimum absolute atomic E-state index is 0.173. The molecule has 2 aromatic carbocycles. The molecule has 1 aliphatic rings. The lowest BCUT2D eigenvalue weighted by atomic mass is 9.88. The first kappa shape index (κ1) is 17.5. The van der Waals surface area contributed by atoms with Gasteiger partial charge in [-0.2, -0.15) is 13.2 Å². The molecule has 25 heavy (non-hydrogen) atoms. The Balaban J connectivity index is 2.05. The van der Waals surface area contributed by atoms with Gasteiger partial charge in [-0.15, -0.1) is 0 Å². The molecule has 1 atom stereocenters. The fourth-order valence-electron chi connectivity index (χ4n) is 3.32. The summed E-state index contributed by atoms with van der Waals surface area (Å²) >= 11 is 0. The minimum Gasteiger partial charge on any atom is -0.322 e. The Kier molecular flexibility index (Phi) is 4.81. The zero-order valence-corrected chi connectivity index (χ0v) is 13.8. The van der Waals surface area contributed by atoms with E-state index < -0.39 is 17.6 Å². The maximum atomic E-state index is 13.7. The van der Waals surface area contributed by atoms with E-state index in [0.29, 0.717) is 25.1 Å². The van der Waals surface area contributed by atoms with Crippen LogP contribution in [0, 0.1) is 6.92 Å². The number of rotatable bonds is 3. The highest BCUT2D eigenvalue weighted by molar-refractivity contribution is 6.04. The first-order valence-corrected chi connectivity index (χ1v) is 8.15. The molecule has 6 heteroatoms. The van der Waals surface area contributed by atoms with Crippen molar-refractivity contribution in [2.75, 3.05) is 18.4 Å². The summed E-state index contributed by atoms with van der Waals surface area (Å²) < 4.78 is 41.0. The Morgan fingerprint density at radius 2 is 1.88 bits per heavy atom. The first-order chi connectivity index (χ1) is 11.9. The van der Waals surface area contributed by atoms with E-state index in [1.165, 1.54) is 13.0 Å². The molecule has 0 spiro atoms. The van der Waals surface area contributed by atoms with Crippen molar-refractivity contribution in [3.05, 3.63) is 64.7 Å². The lowest BCUT2D eigenvalue weighted by molar-refractivity contribution is -0.138. The van der Waals surface area contributed by atoms with Crippen LogP contribution in [0.2, 0.25) is 0 Å². The second-order valence-corrected chi connectivity index (χ2v) is 6.23. The zero-order chi connectivity index (χ0) is 18.0. The van der Waals surface area contributed by atoms with Gasteiger partial charge in [0.2, 0.25) is 0 Å². The van der Waals surface area contributed by atoms with E-state index in [-0.39, 0.29) is 22.7 Å². The average molecular weight is 348 g/mol. The molecule has 0 bridgehead atoms. The highest BCUT2D eigenvalue weighted by Gasteiger charge is 2.39. The number of anilines is 1. The Labute approximate surface area is 144 Å². The lowest BCUT2D eigenvalue weighted by Gasteiger charge is -2.23. The van der Waals surface area contributed by atoms with Gasteiger partial charge in [0.15, 0.2) is 0 Å². The molecule has 0 aliphatic carbocycles. The summed E-state index contributed by atoms with van der Waals surface area (Å²) in [6.07, 6.45) is -3.85. The van der Waals surface area contributed by atoms with Crippen LogP contribution in [0.25, 0.3) is 0 Å². The molecule has 3 nitrogen and oxygen atoms in total. The maximum absolute atomic E-state index is 13.7. The highest BCUT2D eigenvalue weighted by Crippen LogP contribution is 2.42. The predicted molar refractivity (Wildman–Crippen MR) is 90.8 cm³/mol. The first-order valence-electron chi connectivity index (χ1n) is 8.15. The molecular formula is C19H19F3N2O. The Morgan fingerprint density at radius 1 is 1.16 bits per heavy atom. The highest BCUT2D eigenvalue weighted by atomic mass is 19.4. The summed E-state index contributed by atoms with van der Waals surface area (Å²) in [7, 11) is 0. The summed E-state index contributed by atoms with van der Waals surface area (Å²) in [6.45, 7) is 2.60. The van der Waals surface area contributed by atoms with E-state index in [1.54, 1.807) is 36.4 Å². The molecule has 1 fully saturated rings. The van der Waals surface area contributed by atoms with Crippen LogP contribution in [0.3, 0.4) is 0 Å². The van der Waals surface area contributed by atoms with E-state index >= 15 is 0 Å². The van der Waals surface area contributed by atoms with E-state index in [9.17, 15) is 18.0 Å². The van der Waals surface area contributed by atoms with E-state index in [0.717, 1.165) is 0 Å². The minimum atomic E-state index is -4.46. The van der Waals surface area contributed by atoms with E-state index in [4.69, 9.17) is 0 Å². The Bertz CT molecular complexity index is 766. The van der Waals surface area contributed by atoms with Gasteiger partial charge in [-0.05, 0) is 49.2 Å². The lowest BCUT2D eigenvalue weighted by Crippen LogP contribution is -2.20. The zero-order valence-electron chi connectivity index (χ0n) is 13.8. The molecule has 0 unspecified atom stereocenters. The summed E-state index contributed by atoms with van der Waals surface area (Å²) in [5.41, 5.74) is 0.369. The van der Waals surface area contributed by atoms with Crippen molar-refractivity contribution in [1.82, 2.24) is 5.32 Å². The maximum Gasteiger partial charge on any atom is 0.417 e. The van der Waals surface area contributed by atoms with Gasteiger partial charge in [-0.3, -0.25) is 4.79 Å². The number of hydrogen-bond acceptors (Lipinski definition) is 2. The van der Waals surface area contributed by atoms with Gasteiger partial charge >= 0.3 is 6.18 Å². The van der Waals surface area contributed by atoms with Crippen LogP contribution in [-0.2, 0) is 6.18 Å². The third-order valence-electron chi connectivity index (χ3n) is 4.49. The summed E-state index contributed by atoms with van der Waals surface area (Å²) in [5.74, 6) is -0.688. The third kappa shape index (κ3) is 3.69. The molecular weight excluding hydrogens is 329 g/mol. The van der Waals surface area contributed by atoms with Gasteiger partial charge in [0.05, 0.1) is 5.56 Å². The number of aryl methyl sites for hydroxylation is 1. The molecule has 1 aliphatic heterocycles. The smallest absolute Gasteiger partial charge is 0.322 e. The largest absolute Gasteiger partial charge is 0.417 e. The Morgan fingerprint density at radius 3 is 2.48 bits per heavy atom. The number of carbonyl (C=O) groups is 1. The summed E-state index contributed by atoms with van der Waals surface area (Å²) in [5, 5.41) is 5.78. The fourth-order valence-corrected chi connectivity index (χ4v) is 3.32. The topological polar surface area (TPSA) is 41.1 Å². The molecule has 2 aromatic rings. The fraction of sp³-hybridized carbons (Fsp3) is 0.316. The van der Waals surface area contributed by atoms with Crippen LogP contribution >= 0.6 is 0 Å². The number of hydrogen-bond donors (Lipinski definition) is 2. The number of alkyl halides is 3. The number of carbonyl (C=O) groups excluding carboxylic acids is 1. The number of halogens is 3. The molecule has 0 aromatic heterocycles. The number of nitrogens with one attached hydrogen (secondary N) is 2. The van der Waals surface area contributed by atoms with Crippen LogP contribution in [-0.4, -0.2) is 19.0 Å². The quantitative estimate of drug-likeness (QED) is 0.866. The molecule has 1 saturated heterocycles. The van der Waals surface area contributed by atoms with Crippen molar-refractivity contribution < 1.29 is 18.0 Å². The van der Waals surface area contributed by atoms with Crippen molar-refractivity contribution in [3.8, 4) is 0 Å². The molecule has 1 amide bonds. The van der Waals surface area contributed by atoms with Crippen molar-refractivity contribution >= 4 is 11.6 Å². The van der Waals surface area contributed by atoms with Gasteiger partial charge in [-0.25, -0.2) is 0 Å². The monoisotopic (exact) mass is 348 g/mol. The van der Waals surface area contributed by atoms with E-state index in [2.05, 4.69) is 10.6 Å².